The molecule has 2 aromatic rings. The van der Waals surface area contributed by atoms with Crippen molar-refractivity contribution in [2.24, 2.45) is 0 Å². The van der Waals surface area contributed by atoms with E-state index in [0.29, 0.717) is 0 Å². The summed E-state index contributed by atoms with van der Waals surface area (Å²) in [5, 5.41) is 69.7. The number of rotatable bonds is 3. The molecule has 7 atom stereocenters. The summed E-state index contributed by atoms with van der Waals surface area (Å²) in [5.41, 5.74) is -0.1000. The molecule has 0 amide bonds. The second kappa shape index (κ2) is 8.11. The van der Waals surface area contributed by atoms with E-state index in [1.807, 2.05) is 0 Å². The standard InChI is InChI=1S/C21H22O11/c1-7-15(26)17(28)18(29)21(30-7)32-20-16(27)14-12(25)5-9(22)6-13(14)31-19(20)8-2-3-10(23)11(24)4-8/h2-7,15,17-26,28-29H,1H3/t7-,15+,17-,18-,19-,20+,21-/m0/s1. The number of benzene rings is 2. The minimum atomic E-state index is -1.71. The van der Waals surface area contributed by atoms with Crippen LogP contribution in [-0.4, -0.2) is 78.3 Å². The van der Waals surface area contributed by atoms with Gasteiger partial charge in [-0.25, -0.2) is 0 Å². The van der Waals surface area contributed by atoms with Crippen molar-refractivity contribution in [1.82, 2.24) is 0 Å². The van der Waals surface area contributed by atoms with Gasteiger partial charge in [0.2, 0.25) is 5.78 Å². The molecule has 2 aliphatic heterocycles. The number of phenolic OH excluding ortho intramolecular Hbond substituents is 4. The Labute approximate surface area is 181 Å². The summed E-state index contributed by atoms with van der Waals surface area (Å²) < 4.78 is 16.9. The molecule has 0 unspecified atom stereocenters. The van der Waals surface area contributed by atoms with Crippen molar-refractivity contribution < 1.29 is 54.8 Å². The summed E-state index contributed by atoms with van der Waals surface area (Å²) in [6, 6.07) is 5.72. The molecule has 0 saturated carbocycles. The lowest BCUT2D eigenvalue weighted by molar-refractivity contribution is -0.304. The Balaban J connectivity index is 1.75. The van der Waals surface area contributed by atoms with Crippen LogP contribution >= 0.6 is 0 Å². The number of aromatic hydroxyl groups is 4. The third-order valence-electron chi connectivity index (χ3n) is 5.52. The Morgan fingerprint density at radius 2 is 1.59 bits per heavy atom. The van der Waals surface area contributed by atoms with Gasteiger partial charge in [-0.15, -0.1) is 0 Å². The van der Waals surface area contributed by atoms with Crippen LogP contribution in [0.5, 0.6) is 28.7 Å². The highest BCUT2D eigenvalue weighted by Gasteiger charge is 2.48. The fraction of sp³-hybridized carbons (Fsp3) is 0.381. The highest BCUT2D eigenvalue weighted by atomic mass is 16.7. The number of hydrogen-bond acceptors (Lipinski definition) is 11. The maximum absolute atomic E-state index is 13.3. The smallest absolute Gasteiger partial charge is 0.203 e. The molecule has 4 rings (SSSR count). The maximum atomic E-state index is 13.3. The Bertz CT molecular complexity index is 1040. The molecule has 11 nitrogen and oxygen atoms in total. The first-order chi connectivity index (χ1) is 15.1. The van der Waals surface area contributed by atoms with E-state index in [4.69, 9.17) is 14.2 Å². The van der Waals surface area contributed by atoms with Crippen LogP contribution in [0.15, 0.2) is 30.3 Å². The molecule has 2 aromatic carbocycles. The molecule has 32 heavy (non-hydrogen) atoms. The Hall–Kier alpha value is -3.09. The van der Waals surface area contributed by atoms with Gasteiger partial charge in [0, 0.05) is 12.1 Å². The van der Waals surface area contributed by atoms with Crippen molar-refractivity contribution in [3.8, 4) is 28.7 Å². The van der Waals surface area contributed by atoms with E-state index in [0.717, 1.165) is 18.2 Å². The topological polar surface area (TPSA) is 186 Å². The van der Waals surface area contributed by atoms with Gasteiger partial charge < -0.3 is 50.0 Å². The van der Waals surface area contributed by atoms with Crippen molar-refractivity contribution in [3.63, 3.8) is 0 Å². The van der Waals surface area contributed by atoms with Crippen LogP contribution in [0.4, 0.5) is 0 Å². The fourth-order valence-corrected chi connectivity index (χ4v) is 3.77. The van der Waals surface area contributed by atoms with Crippen LogP contribution in [0.3, 0.4) is 0 Å². The number of carbonyl (C=O) groups excluding carboxylic acids is 1. The number of fused-ring (bicyclic) bond motifs is 1. The van der Waals surface area contributed by atoms with Gasteiger partial charge in [0.15, 0.2) is 30.0 Å². The van der Waals surface area contributed by atoms with Crippen LogP contribution in [0.25, 0.3) is 0 Å². The number of ketones is 1. The quantitative estimate of drug-likeness (QED) is 0.313. The van der Waals surface area contributed by atoms with Gasteiger partial charge >= 0.3 is 0 Å². The molecule has 2 aliphatic rings. The molecule has 0 spiro atoms. The van der Waals surface area contributed by atoms with Crippen LogP contribution in [0, 0.1) is 0 Å². The van der Waals surface area contributed by atoms with Gasteiger partial charge in [-0.05, 0) is 24.6 Å². The zero-order chi connectivity index (χ0) is 23.3. The van der Waals surface area contributed by atoms with E-state index in [1.54, 1.807) is 0 Å². The van der Waals surface area contributed by atoms with Gasteiger partial charge in [-0.2, -0.15) is 0 Å². The summed E-state index contributed by atoms with van der Waals surface area (Å²) in [6.45, 7) is 1.44. The zero-order valence-corrected chi connectivity index (χ0v) is 16.7. The second-order valence-corrected chi connectivity index (χ2v) is 7.73. The first kappa shape index (κ1) is 22.1. The van der Waals surface area contributed by atoms with E-state index in [1.165, 1.54) is 19.1 Å². The van der Waals surface area contributed by atoms with E-state index in [9.17, 15) is 40.5 Å². The predicted octanol–water partition coefficient (Wildman–Crippen LogP) is 0.0381. The summed E-state index contributed by atoms with van der Waals surface area (Å²) in [7, 11) is 0. The van der Waals surface area contributed by atoms with E-state index >= 15 is 0 Å². The van der Waals surface area contributed by atoms with Crippen LogP contribution in [-0.2, 0) is 9.47 Å². The van der Waals surface area contributed by atoms with Crippen LogP contribution in [0.1, 0.15) is 28.9 Å². The third-order valence-corrected chi connectivity index (χ3v) is 5.52. The monoisotopic (exact) mass is 450 g/mol. The number of hydrogen-bond donors (Lipinski definition) is 7. The molecule has 172 valence electrons. The molecule has 0 aromatic heterocycles. The van der Waals surface area contributed by atoms with Crippen molar-refractivity contribution in [3.05, 3.63) is 41.5 Å². The van der Waals surface area contributed by atoms with Gasteiger partial charge in [0.1, 0.15) is 41.1 Å². The number of phenols is 4. The van der Waals surface area contributed by atoms with E-state index in [-0.39, 0.29) is 22.6 Å². The van der Waals surface area contributed by atoms with Crippen molar-refractivity contribution in [2.45, 2.75) is 49.8 Å². The van der Waals surface area contributed by atoms with Gasteiger partial charge in [0.05, 0.1) is 6.10 Å². The van der Waals surface area contributed by atoms with E-state index < -0.39 is 65.9 Å². The summed E-state index contributed by atoms with van der Waals surface area (Å²) in [5.74, 6) is -2.79. The first-order valence-corrected chi connectivity index (χ1v) is 9.72. The molecule has 7 N–H and O–H groups in total. The lowest BCUT2D eigenvalue weighted by Crippen LogP contribution is -2.59. The van der Waals surface area contributed by atoms with Gasteiger partial charge in [0.25, 0.3) is 0 Å². The minimum Gasteiger partial charge on any atom is -0.508 e. The average Bonchev–Trinajstić information content (AvgIpc) is 2.73. The van der Waals surface area contributed by atoms with Crippen LogP contribution < -0.4 is 4.74 Å². The van der Waals surface area contributed by atoms with Crippen molar-refractivity contribution in [2.75, 3.05) is 0 Å². The molecule has 1 saturated heterocycles. The molecule has 1 fully saturated rings. The Kier molecular flexibility index (Phi) is 5.61. The molecule has 0 aliphatic carbocycles. The molecule has 11 heteroatoms. The number of ether oxygens (including phenoxy) is 3. The summed E-state index contributed by atoms with van der Waals surface area (Å²) in [6.07, 6.45) is -10.0. The number of carbonyl (C=O) groups is 1. The van der Waals surface area contributed by atoms with Gasteiger partial charge in [-0.3, -0.25) is 4.79 Å². The van der Waals surface area contributed by atoms with Crippen molar-refractivity contribution >= 4 is 5.78 Å². The predicted molar refractivity (Wildman–Crippen MR) is 104 cm³/mol. The fourth-order valence-electron chi connectivity index (χ4n) is 3.77. The second-order valence-electron chi connectivity index (χ2n) is 7.73. The maximum Gasteiger partial charge on any atom is 0.203 e. The summed E-state index contributed by atoms with van der Waals surface area (Å²) >= 11 is 0. The summed E-state index contributed by atoms with van der Waals surface area (Å²) in [4.78, 5) is 13.3. The Morgan fingerprint density at radius 3 is 2.28 bits per heavy atom. The minimum absolute atomic E-state index is 0.154. The SMILES string of the molecule is C[C@@H]1O[C@@H](O[C@@H]2C(=O)c3c(O)cc(O)cc3O[C@H]2c2ccc(O)c(O)c2)[C@@H](O)[C@@H](O)[C@@H]1O. The molecule has 2 heterocycles. The van der Waals surface area contributed by atoms with Gasteiger partial charge in [-0.1, -0.05) is 6.07 Å². The number of aliphatic hydroxyl groups is 3. The zero-order valence-electron chi connectivity index (χ0n) is 16.7. The molecule has 0 bridgehead atoms. The molecule has 0 radical (unpaired) electrons. The largest absolute Gasteiger partial charge is 0.508 e. The van der Waals surface area contributed by atoms with Crippen molar-refractivity contribution in [1.29, 1.82) is 0 Å². The normalized spacial score (nSPS) is 32.2. The third kappa shape index (κ3) is 3.70. The molecular weight excluding hydrogens is 428 g/mol. The average molecular weight is 450 g/mol. The number of Topliss-reactive ketones (excluding diaryl/α,β-unsaturated/α-hetero) is 1. The van der Waals surface area contributed by atoms with E-state index in [2.05, 4.69) is 0 Å². The lowest BCUT2D eigenvalue weighted by Gasteiger charge is -2.42. The lowest BCUT2D eigenvalue weighted by atomic mass is 9.92. The van der Waals surface area contributed by atoms with Crippen LogP contribution in [0.2, 0.25) is 0 Å². The highest BCUT2D eigenvalue weighted by molar-refractivity contribution is 6.05. The first-order valence-electron chi connectivity index (χ1n) is 9.72. The number of aliphatic hydroxyl groups excluding tert-OH is 3. The Morgan fingerprint density at radius 1 is 0.875 bits per heavy atom. The highest BCUT2D eigenvalue weighted by Crippen LogP contribution is 2.44. The molecular formula is C21H22O11.